The first-order valence-corrected chi connectivity index (χ1v) is 8.84. The lowest BCUT2D eigenvalue weighted by molar-refractivity contribution is -0.130. The molecule has 2 aromatic carbocycles. The van der Waals surface area contributed by atoms with Crippen LogP contribution in [0.3, 0.4) is 0 Å². The van der Waals surface area contributed by atoms with Crippen molar-refractivity contribution in [2.45, 2.75) is 19.5 Å². The van der Waals surface area contributed by atoms with Gasteiger partial charge in [0.05, 0.1) is 27.3 Å². The Morgan fingerprint density at radius 2 is 1.92 bits per heavy atom. The highest BCUT2D eigenvalue weighted by Crippen LogP contribution is 2.26. The van der Waals surface area contributed by atoms with E-state index >= 15 is 0 Å². The lowest BCUT2D eigenvalue weighted by Crippen LogP contribution is -2.29. The number of carbonyl (C=O) groups excluding carboxylic acids is 1. The maximum absolute atomic E-state index is 12.4. The van der Waals surface area contributed by atoms with Crippen LogP contribution in [-0.4, -0.2) is 27.4 Å². The Morgan fingerprint density at radius 3 is 2.73 bits per heavy atom. The van der Waals surface area contributed by atoms with Crippen LogP contribution in [0.4, 0.5) is 0 Å². The number of nitrogens with zero attached hydrogens (tertiary/aromatic N) is 3. The molecule has 0 aliphatic heterocycles. The molecule has 26 heavy (non-hydrogen) atoms. The number of benzene rings is 2. The fourth-order valence-corrected chi connectivity index (χ4v) is 3.07. The van der Waals surface area contributed by atoms with Gasteiger partial charge >= 0.3 is 0 Å². The third kappa shape index (κ3) is 3.89. The van der Waals surface area contributed by atoms with Gasteiger partial charge in [0.2, 0.25) is 5.91 Å². The molecular formula is C19H17Cl2N3O2. The van der Waals surface area contributed by atoms with E-state index in [1.807, 2.05) is 12.1 Å². The van der Waals surface area contributed by atoms with E-state index < -0.39 is 0 Å². The molecule has 0 aliphatic rings. The Labute approximate surface area is 160 Å². The van der Waals surface area contributed by atoms with Crippen LogP contribution in [0, 0.1) is 0 Å². The number of hydrogen-bond donors (Lipinski definition) is 0. The van der Waals surface area contributed by atoms with Gasteiger partial charge in [-0.2, -0.15) is 0 Å². The molecular weight excluding hydrogens is 373 g/mol. The van der Waals surface area contributed by atoms with Gasteiger partial charge in [0.1, 0.15) is 0 Å². The Morgan fingerprint density at radius 1 is 1.15 bits per heavy atom. The van der Waals surface area contributed by atoms with Crippen molar-refractivity contribution in [1.82, 2.24) is 14.5 Å². The van der Waals surface area contributed by atoms with E-state index in [-0.39, 0.29) is 24.4 Å². The van der Waals surface area contributed by atoms with Crippen LogP contribution in [0.2, 0.25) is 10.0 Å². The second kappa shape index (κ2) is 7.89. The van der Waals surface area contributed by atoms with Gasteiger partial charge in [0.25, 0.3) is 5.56 Å². The van der Waals surface area contributed by atoms with Crippen LogP contribution in [0.1, 0.15) is 12.0 Å². The summed E-state index contributed by atoms with van der Waals surface area (Å²) in [6.45, 7) is 0.617. The van der Waals surface area contributed by atoms with E-state index in [0.717, 1.165) is 5.56 Å². The lowest BCUT2D eigenvalue weighted by atomic mass is 10.2. The van der Waals surface area contributed by atoms with Gasteiger partial charge in [-0.1, -0.05) is 47.5 Å². The predicted molar refractivity (Wildman–Crippen MR) is 104 cm³/mol. The quantitative estimate of drug-likeness (QED) is 0.667. The van der Waals surface area contributed by atoms with Crippen LogP contribution in [0.5, 0.6) is 0 Å². The van der Waals surface area contributed by atoms with Crippen LogP contribution < -0.4 is 5.56 Å². The Kier molecular flexibility index (Phi) is 5.59. The number of hydrogen-bond acceptors (Lipinski definition) is 3. The molecule has 1 aromatic heterocycles. The Bertz CT molecular complexity index is 1020. The van der Waals surface area contributed by atoms with E-state index in [4.69, 9.17) is 23.2 Å². The molecule has 5 nitrogen and oxygen atoms in total. The highest BCUT2D eigenvalue weighted by Gasteiger charge is 2.13. The Balaban J connectivity index is 1.68. The second-order valence-corrected chi connectivity index (χ2v) is 6.76. The van der Waals surface area contributed by atoms with Crippen LogP contribution in [-0.2, 0) is 17.9 Å². The third-order valence-corrected chi connectivity index (χ3v) is 5.02. The molecule has 0 unspecified atom stereocenters. The van der Waals surface area contributed by atoms with E-state index in [1.54, 1.807) is 42.3 Å². The number of halogens is 2. The predicted octanol–water partition coefficient (Wildman–Crippen LogP) is 3.75. The molecule has 134 valence electrons. The Hall–Kier alpha value is -2.37. The van der Waals surface area contributed by atoms with Crippen molar-refractivity contribution in [1.29, 1.82) is 0 Å². The van der Waals surface area contributed by atoms with E-state index in [0.29, 0.717) is 27.5 Å². The number of aromatic nitrogens is 2. The minimum Gasteiger partial charge on any atom is -0.341 e. The molecule has 0 radical (unpaired) electrons. The average molecular weight is 390 g/mol. The van der Waals surface area contributed by atoms with E-state index in [2.05, 4.69) is 4.98 Å². The van der Waals surface area contributed by atoms with Crippen molar-refractivity contribution in [2.24, 2.45) is 0 Å². The molecule has 3 rings (SSSR count). The van der Waals surface area contributed by atoms with Gasteiger partial charge in [-0.15, -0.1) is 0 Å². The number of carbonyl (C=O) groups is 1. The summed E-state index contributed by atoms with van der Waals surface area (Å²) in [4.78, 5) is 30.7. The summed E-state index contributed by atoms with van der Waals surface area (Å²) in [7, 11) is 1.70. The number of aryl methyl sites for hydroxylation is 1. The van der Waals surface area contributed by atoms with Crippen molar-refractivity contribution < 1.29 is 4.79 Å². The van der Waals surface area contributed by atoms with Gasteiger partial charge in [-0.05, 0) is 23.8 Å². The molecule has 0 aliphatic carbocycles. The topological polar surface area (TPSA) is 55.2 Å². The standard InChI is InChI=1S/C19H17Cl2N3O2/c1-23(11-13-5-4-7-15(20)18(13)21)17(25)9-10-24-12-22-16-8-3-2-6-14(16)19(24)26/h2-8,12H,9-11H2,1H3. The summed E-state index contributed by atoms with van der Waals surface area (Å²) >= 11 is 12.2. The second-order valence-electron chi connectivity index (χ2n) is 5.97. The summed E-state index contributed by atoms with van der Waals surface area (Å²) in [5.74, 6) is -0.0962. The lowest BCUT2D eigenvalue weighted by Gasteiger charge is -2.18. The molecule has 0 fully saturated rings. The van der Waals surface area contributed by atoms with Crippen LogP contribution >= 0.6 is 23.2 Å². The van der Waals surface area contributed by atoms with Crippen LogP contribution in [0.15, 0.2) is 53.6 Å². The SMILES string of the molecule is CN(Cc1cccc(Cl)c1Cl)C(=O)CCn1cnc2ccccc2c1=O. The summed E-state index contributed by atoms with van der Waals surface area (Å²) in [5.41, 5.74) is 1.27. The molecule has 1 heterocycles. The van der Waals surface area contributed by atoms with Gasteiger partial charge in [-0.3, -0.25) is 14.2 Å². The fourth-order valence-electron chi connectivity index (χ4n) is 2.69. The largest absolute Gasteiger partial charge is 0.341 e. The summed E-state index contributed by atoms with van der Waals surface area (Å²) < 4.78 is 1.46. The number of fused-ring (bicyclic) bond motifs is 1. The first-order valence-electron chi connectivity index (χ1n) is 8.08. The van der Waals surface area contributed by atoms with Gasteiger partial charge < -0.3 is 4.90 Å². The molecule has 1 amide bonds. The smallest absolute Gasteiger partial charge is 0.261 e. The van der Waals surface area contributed by atoms with Crippen molar-refractivity contribution >= 4 is 40.0 Å². The van der Waals surface area contributed by atoms with Gasteiger partial charge in [0.15, 0.2) is 0 Å². The van der Waals surface area contributed by atoms with Gasteiger partial charge in [-0.25, -0.2) is 4.98 Å². The highest BCUT2D eigenvalue weighted by atomic mass is 35.5. The minimum atomic E-state index is -0.149. The minimum absolute atomic E-state index is 0.0962. The van der Waals surface area contributed by atoms with Crippen molar-refractivity contribution in [3.63, 3.8) is 0 Å². The zero-order chi connectivity index (χ0) is 18.7. The first kappa shape index (κ1) is 18.4. The third-order valence-electron chi connectivity index (χ3n) is 4.16. The average Bonchev–Trinajstić information content (AvgIpc) is 2.65. The number of amides is 1. The van der Waals surface area contributed by atoms with Gasteiger partial charge in [0, 0.05) is 26.6 Å². The fraction of sp³-hybridized carbons (Fsp3) is 0.211. The summed E-state index contributed by atoms with van der Waals surface area (Å²) in [6.07, 6.45) is 1.67. The molecule has 0 N–H and O–H groups in total. The normalized spacial score (nSPS) is 10.9. The van der Waals surface area contributed by atoms with E-state index in [9.17, 15) is 9.59 Å². The highest BCUT2D eigenvalue weighted by molar-refractivity contribution is 6.42. The molecule has 0 atom stereocenters. The summed E-state index contributed by atoms with van der Waals surface area (Å²) in [6, 6.07) is 12.5. The van der Waals surface area contributed by atoms with Crippen molar-refractivity contribution in [2.75, 3.05) is 7.05 Å². The van der Waals surface area contributed by atoms with Crippen molar-refractivity contribution in [3.8, 4) is 0 Å². The summed E-state index contributed by atoms with van der Waals surface area (Å²) in [5, 5.41) is 1.45. The maximum Gasteiger partial charge on any atom is 0.261 e. The van der Waals surface area contributed by atoms with Crippen molar-refractivity contribution in [3.05, 3.63) is 74.8 Å². The zero-order valence-electron chi connectivity index (χ0n) is 14.2. The maximum atomic E-state index is 12.4. The zero-order valence-corrected chi connectivity index (χ0v) is 15.7. The number of para-hydroxylation sites is 1. The molecule has 7 heteroatoms. The monoisotopic (exact) mass is 389 g/mol. The molecule has 0 bridgehead atoms. The molecule has 0 spiro atoms. The molecule has 0 saturated heterocycles. The first-order chi connectivity index (χ1) is 12.5. The van der Waals surface area contributed by atoms with Crippen LogP contribution in [0.25, 0.3) is 10.9 Å². The number of rotatable bonds is 5. The van der Waals surface area contributed by atoms with E-state index in [1.165, 1.54) is 10.9 Å². The molecule has 0 saturated carbocycles. The molecule has 3 aromatic rings.